The van der Waals surface area contributed by atoms with E-state index in [1.54, 1.807) is 12.1 Å². The molecule has 0 bridgehead atoms. The summed E-state index contributed by atoms with van der Waals surface area (Å²) in [6, 6.07) is 8.66. The topological polar surface area (TPSA) is 60.5 Å². The first-order chi connectivity index (χ1) is 10.9. The zero-order valence-corrected chi connectivity index (χ0v) is 12.1. The maximum atomic E-state index is 12.0. The van der Waals surface area contributed by atoms with E-state index in [0.29, 0.717) is 17.1 Å². The Morgan fingerprint density at radius 2 is 1.87 bits per heavy atom. The van der Waals surface area contributed by atoms with Crippen molar-refractivity contribution >= 4 is 11.6 Å². The summed E-state index contributed by atoms with van der Waals surface area (Å²) in [6.07, 6.45) is -3.04. The summed E-state index contributed by atoms with van der Waals surface area (Å²) < 4.78 is 45.6. The number of pyridine rings is 1. The number of hydrogen-bond donors (Lipinski definition) is 1. The highest BCUT2D eigenvalue weighted by molar-refractivity contribution is 6.04. The summed E-state index contributed by atoms with van der Waals surface area (Å²) in [5.41, 5.74) is 0.744. The van der Waals surface area contributed by atoms with Crippen LogP contribution in [0, 0.1) is 0 Å². The van der Waals surface area contributed by atoms with Crippen molar-refractivity contribution in [2.75, 3.05) is 19.0 Å². The Hall–Kier alpha value is -2.77. The van der Waals surface area contributed by atoms with Gasteiger partial charge in [-0.15, -0.1) is 0 Å². The second-order valence-electron chi connectivity index (χ2n) is 4.47. The zero-order chi connectivity index (χ0) is 16.9. The molecule has 0 aliphatic rings. The molecule has 122 valence electrons. The van der Waals surface area contributed by atoms with Gasteiger partial charge in [0.05, 0.1) is 12.7 Å². The highest BCUT2D eigenvalue weighted by Gasteiger charge is 2.28. The Bertz CT molecular complexity index is 655. The first-order valence-corrected chi connectivity index (χ1v) is 6.48. The van der Waals surface area contributed by atoms with Gasteiger partial charge in [0.1, 0.15) is 5.75 Å². The van der Waals surface area contributed by atoms with Crippen LogP contribution in [0.15, 0.2) is 42.6 Å². The summed E-state index contributed by atoms with van der Waals surface area (Å²) in [6.45, 7) is -1.36. The molecule has 1 N–H and O–H groups in total. The number of alkyl halides is 3. The molecule has 0 unspecified atom stereocenters. The maximum absolute atomic E-state index is 12.0. The van der Waals surface area contributed by atoms with Gasteiger partial charge >= 0.3 is 6.18 Å². The van der Waals surface area contributed by atoms with Crippen LogP contribution >= 0.6 is 0 Å². The molecule has 5 nitrogen and oxygen atoms in total. The van der Waals surface area contributed by atoms with E-state index in [1.165, 1.54) is 37.6 Å². The first kappa shape index (κ1) is 16.6. The Morgan fingerprint density at radius 1 is 1.17 bits per heavy atom. The van der Waals surface area contributed by atoms with Gasteiger partial charge in [0.2, 0.25) is 5.88 Å². The minimum Gasteiger partial charge on any atom is -0.484 e. The Kier molecular flexibility index (Phi) is 5.05. The number of aromatic nitrogens is 1. The third kappa shape index (κ3) is 5.17. The van der Waals surface area contributed by atoms with Crippen LogP contribution in [0.5, 0.6) is 11.6 Å². The molecule has 1 aromatic heterocycles. The molecule has 8 heteroatoms. The number of nitrogens with zero attached hydrogens (tertiary/aromatic N) is 1. The van der Waals surface area contributed by atoms with Gasteiger partial charge in [-0.25, -0.2) is 4.98 Å². The number of ether oxygens (including phenoxy) is 2. The van der Waals surface area contributed by atoms with Crippen molar-refractivity contribution in [1.29, 1.82) is 0 Å². The standard InChI is InChI=1S/C15H13F3N2O3/c1-22-13-7-2-10(8-19-13)14(21)20-11-3-5-12(6-4-11)23-9-15(16,17)18/h2-8H,9H2,1H3,(H,20,21). The molecule has 0 atom stereocenters. The molecule has 0 fully saturated rings. The van der Waals surface area contributed by atoms with Gasteiger partial charge < -0.3 is 14.8 Å². The third-order valence-corrected chi connectivity index (χ3v) is 2.72. The maximum Gasteiger partial charge on any atom is 0.422 e. The van der Waals surface area contributed by atoms with Crippen LogP contribution in [0.4, 0.5) is 18.9 Å². The van der Waals surface area contributed by atoms with Gasteiger partial charge in [-0.2, -0.15) is 13.2 Å². The lowest BCUT2D eigenvalue weighted by Gasteiger charge is -2.10. The SMILES string of the molecule is COc1ccc(C(=O)Nc2ccc(OCC(F)(F)F)cc2)cn1. The average Bonchev–Trinajstić information content (AvgIpc) is 2.53. The number of amides is 1. The van der Waals surface area contributed by atoms with Crippen LogP contribution in [0.1, 0.15) is 10.4 Å². The highest BCUT2D eigenvalue weighted by Crippen LogP contribution is 2.20. The van der Waals surface area contributed by atoms with Crippen molar-refractivity contribution in [2.45, 2.75) is 6.18 Å². The molecule has 0 aliphatic carbocycles. The van der Waals surface area contributed by atoms with Crippen LogP contribution in [0.25, 0.3) is 0 Å². The van der Waals surface area contributed by atoms with Crippen LogP contribution in [-0.4, -0.2) is 30.8 Å². The van der Waals surface area contributed by atoms with Gasteiger partial charge in [0.15, 0.2) is 6.61 Å². The number of methoxy groups -OCH3 is 1. The molecule has 0 saturated carbocycles. The number of benzene rings is 1. The van der Waals surface area contributed by atoms with Crippen molar-refractivity contribution in [3.05, 3.63) is 48.2 Å². The number of carbonyl (C=O) groups excluding carboxylic acids is 1. The van der Waals surface area contributed by atoms with Gasteiger partial charge in [-0.05, 0) is 30.3 Å². The van der Waals surface area contributed by atoms with Crippen LogP contribution in [-0.2, 0) is 0 Å². The van der Waals surface area contributed by atoms with Crippen molar-refractivity contribution in [3.63, 3.8) is 0 Å². The molecule has 1 heterocycles. The number of carbonyl (C=O) groups is 1. The molecule has 1 amide bonds. The Balaban J connectivity index is 1.95. The highest BCUT2D eigenvalue weighted by atomic mass is 19.4. The second-order valence-corrected chi connectivity index (χ2v) is 4.47. The third-order valence-electron chi connectivity index (χ3n) is 2.72. The van der Waals surface area contributed by atoms with E-state index in [4.69, 9.17) is 4.74 Å². The summed E-state index contributed by atoms with van der Waals surface area (Å²) in [5.74, 6) is 0.0447. The first-order valence-electron chi connectivity index (χ1n) is 6.48. The Morgan fingerprint density at radius 3 is 2.39 bits per heavy atom. The Labute approximate surface area is 130 Å². The fraction of sp³-hybridized carbons (Fsp3) is 0.200. The molecule has 0 radical (unpaired) electrons. The fourth-order valence-electron chi connectivity index (χ4n) is 1.64. The molecule has 2 aromatic rings. The van der Waals surface area contributed by atoms with Gasteiger partial charge in [0, 0.05) is 18.0 Å². The van der Waals surface area contributed by atoms with Crippen molar-refractivity contribution in [2.24, 2.45) is 0 Å². The van der Waals surface area contributed by atoms with E-state index in [-0.39, 0.29) is 5.75 Å². The molecule has 1 aromatic carbocycles. The fourth-order valence-corrected chi connectivity index (χ4v) is 1.64. The van der Waals surface area contributed by atoms with E-state index in [1.807, 2.05) is 0 Å². The molecule has 2 rings (SSSR count). The van der Waals surface area contributed by atoms with Crippen LogP contribution in [0.2, 0.25) is 0 Å². The lowest BCUT2D eigenvalue weighted by atomic mass is 10.2. The molecule has 0 aliphatic heterocycles. The quantitative estimate of drug-likeness (QED) is 0.916. The van der Waals surface area contributed by atoms with Crippen molar-refractivity contribution in [1.82, 2.24) is 4.98 Å². The monoisotopic (exact) mass is 326 g/mol. The zero-order valence-electron chi connectivity index (χ0n) is 12.1. The van der Waals surface area contributed by atoms with Crippen LogP contribution < -0.4 is 14.8 Å². The van der Waals surface area contributed by atoms with E-state index in [9.17, 15) is 18.0 Å². The van der Waals surface area contributed by atoms with Crippen molar-refractivity contribution < 1.29 is 27.4 Å². The summed E-state index contributed by atoms with van der Waals surface area (Å²) in [4.78, 5) is 15.9. The van der Waals surface area contributed by atoms with E-state index in [0.717, 1.165) is 0 Å². The lowest BCUT2D eigenvalue weighted by molar-refractivity contribution is -0.153. The molecule has 23 heavy (non-hydrogen) atoms. The predicted octanol–water partition coefficient (Wildman–Crippen LogP) is 3.28. The van der Waals surface area contributed by atoms with E-state index >= 15 is 0 Å². The number of halogens is 3. The van der Waals surface area contributed by atoms with Gasteiger partial charge in [-0.3, -0.25) is 4.79 Å². The van der Waals surface area contributed by atoms with Gasteiger partial charge in [-0.1, -0.05) is 0 Å². The smallest absolute Gasteiger partial charge is 0.422 e. The van der Waals surface area contributed by atoms with Crippen LogP contribution in [0.3, 0.4) is 0 Å². The van der Waals surface area contributed by atoms with Gasteiger partial charge in [0.25, 0.3) is 5.91 Å². The second kappa shape index (κ2) is 6.99. The number of rotatable bonds is 5. The van der Waals surface area contributed by atoms with E-state index < -0.39 is 18.7 Å². The molecular formula is C15H13F3N2O3. The molecular weight excluding hydrogens is 313 g/mol. The average molecular weight is 326 g/mol. The largest absolute Gasteiger partial charge is 0.484 e. The minimum atomic E-state index is -4.39. The number of hydrogen-bond acceptors (Lipinski definition) is 4. The number of anilines is 1. The summed E-state index contributed by atoms with van der Waals surface area (Å²) >= 11 is 0. The van der Waals surface area contributed by atoms with Crippen molar-refractivity contribution in [3.8, 4) is 11.6 Å². The summed E-state index contributed by atoms with van der Waals surface area (Å²) in [7, 11) is 1.46. The minimum absolute atomic E-state index is 0.0615. The molecule has 0 saturated heterocycles. The lowest BCUT2D eigenvalue weighted by Crippen LogP contribution is -2.19. The number of nitrogens with one attached hydrogen (secondary N) is 1. The van der Waals surface area contributed by atoms with E-state index in [2.05, 4.69) is 15.0 Å². The predicted molar refractivity (Wildman–Crippen MR) is 76.7 cm³/mol. The molecule has 0 spiro atoms. The normalized spacial score (nSPS) is 11.0. The summed E-state index contributed by atoms with van der Waals surface area (Å²) in [5, 5.41) is 2.60.